The molecule has 3 rings (SSSR count). The number of carbonyl (C=O) groups is 1. The van der Waals surface area contributed by atoms with Crippen LogP contribution in [0.5, 0.6) is 0 Å². The maximum atomic E-state index is 12.3. The molecule has 1 saturated heterocycles. The number of amides is 1. The van der Waals surface area contributed by atoms with Crippen LogP contribution in [0, 0.1) is 6.92 Å². The Morgan fingerprint density at radius 1 is 1.50 bits per heavy atom. The van der Waals surface area contributed by atoms with Gasteiger partial charge in [0.05, 0.1) is 18.2 Å². The van der Waals surface area contributed by atoms with Gasteiger partial charge < -0.3 is 10.0 Å². The summed E-state index contributed by atoms with van der Waals surface area (Å²) in [5, 5.41) is 12.6. The van der Waals surface area contributed by atoms with E-state index in [-0.39, 0.29) is 12.0 Å². The van der Waals surface area contributed by atoms with Gasteiger partial charge in [-0.1, -0.05) is 23.8 Å². The zero-order chi connectivity index (χ0) is 15.5. The summed E-state index contributed by atoms with van der Waals surface area (Å²) in [5.74, 6) is 0.0554. The molecule has 1 unspecified atom stereocenters. The zero-order valence-electron chi connectivity index (χ0n) is 12.7. The molecule has 22 heavy (non-hydrogen) atoms. The molecular weight excluding hydrogens is 296 g/mol. The Balaban J connectivity index is 1.68. The summed E-state index contributed by atoms with van der Waals surface area (Å²) in [5.41, 5.74) is 3.11. The van der Waals surface area contributed by atoms with Crippen LogP contribution in [0.3, 0.4) is 0 Å². The van der Waals surface area contributed by atoms with E-state index in [1.807, 2.05) is 17.5 Å². The van der Waals surface area contributed by atoms with Crippen molar-refractivity contribution in [1.82, 2.24) is 9.88 Å². The van der Waals surface area contributed by atoms with E-state index in [1.54, 1.807) is 16.2 Å². The number of β-amino-alcohol motifs (C(OH)–C–C–N with tert-alkyl or cyclic N) is 1. The van der Waals surface area contributed by atoms with Crippen molar-refractivity contribution in [2.45, 2.75) is 32.3 Å². The number of carbonyl (C=O) groups excluding carboxylic acids is 1. The van der Waals surface area contributed by atoms with E-state index in [1.165, 1.54) is 5.56 Å². The molecule has 0 spiro atoms. The van der Waals surface area contributed by atoms with Crippen molar-refractivity contribution in [3.8, 4) is 10.6 Å². The van der Waals surface area contributed by atoms with Crippen LogP contribution < -0.4 is 0 Å². The van der Waals surface area contributed by atoms with E-state index in [2.05, 4.69) is 24.0 Å². The summed E-state index contributed by atoms with van der Waals surface area (Å²) in [7, 11) is 0. The van der Waals surface area contributed by atoms with Gasteiger partial charge in [0, 0.05) is 24.0 Å². The Morgan fingerprint density at radius 3 is 3.14 bits per heavy atom. The topological polar surface area (TPSA) is 53.4 Å². The van der Waals surface area contributed by atoms with Crippen LogP contribution in [0.2, 0.25) is 0 Å². The molecule has 4 nitrogen and oxygen atoms in total. The molecule has 1 atom stereocenters. The van der Waals surface area contributed by atoms with Crippen LogP contribution in [0.1, 0.15) is 24.1 Å². The molecule has 0 radical (unpaired) electrons. The number of aromatic nitrogens is 1. The second-order valence-corrected chi connectivity index (χ2v) is 6.68. The second kappa shape index (κ2) is 6.58. The molecule has 1 N–H and O–H groups in total. The van der Waals surface area contributed by atoms with Crippen LogP contribution in [0.15, 0.2) is 29.6 Å². The molecule has 0 aliphatic carbocycles. The molecule has 2 aromatic rings. The zero-order valence-corrected chi connectivity index (χ0v) is 13.5. The van der Waals surface area contributed by atoms with E-state index in [0.29, 0.717) is 13.0 Å². The number of aliphatic hydroxyl groups is 1. The number of piperidine rings is 1. The summed E-state index contributed by atoms with van der Waals surface area (Å²) < 4.78 is 0. The van der Waals surface area contributed by atoms with Gasteiger partial charge in [-0.3, -0.25) is 4.79 Å². The molecule has 116 valence electrons. The van der Waals surface area contributed by atoms with Crippen LogP contribution in [0.25, 0.3) is 10.6 Å². The molecule has 1 aliphatic rings. The first-order chi connectivity index (χ1) is 10.6. The van der Waals surface area contributed by atoms with Gasteiger partial charge >= 0.3 is 0 Å². The minimum absolute atomic E-state index is 0.0554. The third kappa shape index (κ3) is 3.54. The molecule has 5 heteroatoms. The lowest BCUT2D eigenvalue weighted by Crippen LogP contribution is -2.42. The van der Waals surface area contributed by atoms with E-state index in [0.717, 1.165) is 35.7 Å². The molecular formula is C17H20N2O2S. The number of rotatable bonds is 3. The number of hydrogen-bond acceptors (Lipinski definition) is 4. The largest absolute Gasteiger partial charge is 0.391 e. The minimum Gasteiger partial charge on any atom is -0.391 e. The minimum atomic E-state index is -0.379. The number of benzene rings is 1. The fraction of sp³-hybridized carbons (Fsp3) is 0.412. The van der Waals surface area contributed by atoms with Crippen LogP contribution >= 0.6 is 11.3 Å². The Hall–Kier alpha value is -1.72. The summed E-state index contributed by atoms with van der Waals surface area (Å²) >= 11 is 1.57. The molecule has 0 bridgehead atoms. The Bertz CT molecular complexity index is 668. The van der Waals surface area contributed by atoms with E-state index < -0.39 is 0 Å². The van der Waals surface area contributed by atoms with Crippen LogP contribution in [-0.2, 0) is 11.2 Å². The predicted octanol–water partition coefficient (Wildman–Crippen LogP) is 2.64. The maximum Gasteiger partial charge on any atom is 0.228 e. The summed E-state index contributed by atoms with van der Waals surface area (Å²) in [6.07, 6.45) is 1.60. The normalized spacial score (nSPS) is 18.5. The van der Waals surface area contributed by atoms with Crippen molar-refractivity contribution in [3.05, 3.63) is 40.9 Å². The van der Waals surface area contributed by atoms with Crippen molar-refractivity contribution >= 4 is 17.2 Å². The second-order valence-electron chi connectivity index (χ2n) is 5.83. The van der Waals surface area contributed by atoms with Gasteiger partial charge in [0.25, 0.3) is 0 Å². The van der Waals surface area contributed by atoms with Gasteiger partial charge in [-0.15, -0.1) is 11.3 Å². The summed E-state index contributed by atoms with van der Waals surface area (Å²) in [4.78, 5) is 18.6. The fourth-order valence-electron chi connectivity index (χ4n) is 2.75. The van der Waals surface area contributed by atoms with E-state index in [9.17, 15) is 9.90 Å². The Labute approximate surface area is 134 Å². The van der Waals surface area contributed by atoms with Crippen molar-refractivity contribution in [2.24, 2.45) is 0 Å². The van der Waals surface area contributed by atoms with Gasteiger partial charge in [0.1, 0.15) is 5.01 Å². The molecule has 1 amide bonds. The van der Waals surface area contributed by atoms with Gasteiger partial charge in [0.2, 0.25) is 5.91 Å². The lowest BCUT2D eigenvalue weighted by molar-refractivity contribution is -0.133. The Kier molecular flexibility index (Phi) is 4.55. The smallest absolute Gasteiger partial charge is 0.228 e. The highest BCUT2D eigenvalue weighted by molar-refractivity contribution is 7.13. The first-order valence-electron chi connectivity index (χ1n) is 7.59. The van der Waals surface area contributed by atoms with Crippen LogP contribution in [0.4, 0.5) is 0 Å². The van der Waals surface area contributed by atoms with Gasteiger partial charge in [-0.05, 0) is 25.8 Å². The van der Waals surface area contributed by atoms with Crippen molar-refractivity contribution in [3.63, 3.8) is 0 Å². The quantitative estimate of drug-likeness (QED) is 0.947. The molecule has 1 aliphatic heterocycles. The SMILES string of the molecule is Cc1cccc(-c2nc(CC(=O)N3CCCC(O)C3)cs2)c1. The number of hydrogen-bond donors (Lipinski definition) is 1. The highest BCUT2D eigenvalue weighted by atomic mass is 32.1. The molecule has 1 fully saturated rings. The monoisotopic (exact) mass is 316 g/mol. The highest BCUT2D eigenvalue weighted by Gasteiger charge is 2.22. The number of likely N-dealkylation sites (tertiary alicyclic amines) is 1. The van der Waals surface area contributed by atoms with Crippen LogP contribution in [-0.4, -0.2) is 40.1 Å². The van der Waals surface area contributed by atoms with Gasteiger partial charge in [0.15, 0.2) is 0 Å². The number of aryl methyl sites for hydroxylation is 1. The number of aliphatic hydroxyl groups excluding tert-OH is 1. The lowest BCUT2D eigenvalue weighted by Gasteiger charge is -2.29. The molecule has 0 saturated carbocycles. The third-order valence-electron chi connectivity index (χ3n) is 3.90. The lowest BCUT2D eigenvalue weighted by atomic mass is 10.1. The predicted molar refractivity (Wildman–Crippen MR) is 87.8 cm³/mol. The van der Waals surface area contributed by atoms with Gasteiger partial charge in [-0.25, -0.2) is 4.98 Å². The average Bonchev–Trinajstić information content (AvgIpc) is 2.96. The van der Waals surface area contributed by atoms with Crippen molar-refractivity contribution < 1.29 is 9.90 Å². The van der Waals surface area contributed by atoms with Crippen molar-refractivity contribution in [1.29, 1.82) is 0 Å². The van der Waals surface area contributed by atoms with Crippen molar-refractivity contribution in [2.75, 3.05) is 13.1 Å². The third-order valence-corrected chi connectivity index (χ3v) is 4.84. The first-order valence-corrected chi connectivity index (χ1v) is 8.47. The fourth-order valence-corrected chi connectivity index (χ4v) is 3.56. The standard InChI is InChI=1S/C17H20N2O2S/c1-12-4-2-5-13(8-12)17-18-14(11-22-17)9-16(21)19-7-3-6-15(20)10-19/h2,4-5,8,11,15,20H,3,6-7,9-10H2,1H3. The molecule has 1 aromatic heterocycles. The summed E-state index contributed by atoms with van der Waals surface area (Å²) in [6.45, 7) is 3.25. The Morgan fingerprint density at radius 2 is 2.36 bits per heavy atom. The highest BCUT2D eigenvalue weighted by Crippen LogP contribution is 2.25. The molecule has 1 aromatic carbocycles. The average molecular weight is 316 g/mol. The summed E-state index contributed by atoms with van der Waals surface area (Å²) in [6, 6.07) is 8.22. The van der Waals surface area contributed by atoms with E-state index in [4.69, 9.17) is 0 Å². The maximum absolute atomic E-state index is 12.3. The molecule has 2 heterocycles. The number of thiazole rings is 1. The van der Waals surface area contributed by atoms with Gasteiger partial charge in [-0.2, -0.15) is 0 Å². The number of nitrogens with zero attached hydrogens (tertiary/aromatic N) is 2. The van der Waals surface area contributed by atoms with E-state index >= 15 is 0 Å². The first kappa shape index (κ1) is 15.2.